The Labute approximate surface area is 210 Å². The minimum atomic E-state index is -0.0970. The van der Waals surface area contributed by atoms with Crippen molar-refractivity contribution < 1.29 is 4.42 Å². The summed E-state index contributed by atoms with van der Waals surface area (Å²) in [6.07, 6.45) is 0. The topological polar surface area (TPSA) is 13.1 Å². The lowest BCUT2D eigenvalue weighted by Crippen LogP contribution is -2.18. The highest BCUT2D eigenvalue weighted by atomic mass is 79.9. The van der Waals surface area contributed by atoms with Crippen LogP contribution >= 0.6 is 31.9 Å². The van der Waals surface area contributed by atoms with Gasteiger partial charge in [-0.2, -0.15) is 0 Å². The van der Waals surface area contributed by atoms with Gasteiger partial charge in [-0.3, -0.25) is 0 Å². The number of halogens is 2. The molecule has 0 saturated heterocycles. The minimum Gasteiger partial charge on any atom is -0.455 e. The number of rotatable bonds is 0. The number of hydrogen-bond donors (Lipinski definition) is 0. The van der Waals surface area contributed by atoms with Gasteiger partial charge in [0.25, 0.3) is 0 Å². The molecule has 1 nitrogen and oxygen atoms in total. The maximum Gasteiger partial charge on any atom is 0.150 e. The summed E-state index contributed by atoms with van der Waals surface area (Å²) in [4.78, 5) is 0. The van der Waals surface area contributed by atoms with Crippen LogP contribution in [0.15, 0.2) is 74.0 Å². The van der Waals surface area contributed by atoms with Crippen molar-refractivity contribution in [3.63, 3.8) is 0 Å². The van der Waals surface area contributed by atoms with Crippen molar-refractivity contribution in [2.75, 3.05) is 0 Å². The van der Waals surface area contributed by atoms with Gasteiger partial charge in [-0.15, -0.1) is 0 Å². The van der Waals surface area contributed by atoms with Crippen molar-refractivity contribution in [2.24, 2.45) is 0 Å². The van der Waals surface area contributed by atoms with Gasteiger partial charge in [0.05, 0.1) is 4.47 Å². The number of benzene rings is 4. The van der Waals surface area contributed by atoms with Crippen LogP contribution in [-0.2, 0) is 10.8 Å². The molecule has 0 unspecified atom stereocenters. The van der Waals surface area contributed by atoms with Crippen LogP contribution in [0.3, 0.4) is 0 Å². The highest BCUT2D eigenvalue weighted by molar-refractivity contribution is 9.11. The number of fused-ring (bicyclic) bond motifs is 10. The Hall–Kier alpha value is -2.36. The fourth-order valence-corrected chi connectivity index (χ4v) is 7.12. The van der Waals surface area contributed by atoms with Crippen LogP contribution in [0.1, 0.15) is 49.9 Å². The standard InChI is InChI=1S/C30H22Br2O/c1-29(2)20-11-15(31)9-10-16(20)18-12-19-22(13-21(18)29)30(3,4)23-14-24(32)28-27(26(19)23)17-7-5-6-8-25(17)33-28/h5-14H,1-4H3. The van der Waals surface area contributed by atoms with Crippen LogP contribution in [0, 0.1) is 0 Å². The number of furan rings is 1. The van der Waals surface area contributed by atoms with Crippen molar-refractivity contribution in [1.82, 2.24) is 0 Å². The number of hydrogen-bond acceptors (Lipinski definition) is 1. The van der Waals surface area contributed by atoms with Gasteiger partial charge in [0, 0.05) is 26.1 Å². The van der Waals surface area contributed by atoms with E-state index in [4.69, 9.17) is 4.42 Å². The van der Waals surface area contributed by atoms with E-state index >= 15 is 0 Å². The van der Waals surface area contributed by atoms with Crippen molar-refractivity contribution in [3.8, 4) is 22.3 Å². The Morgan fingerprint density at radius 1 is 0.667 bits per heavy atom. The predicted octanol–water partition coefficient (Wildman–Crippen LogP) is 9.72. The molecule has 0 radical (unpaired) electrons. The first-order chi connectivity index (χ1) is 15.7. The van der Waals surface area contributed by atoms with E-state index in [1.54, 1.807) is 0 Å². The maximum atomic E-state index is 6.33. The molecule has 4 aromatic carbocycles. The van der Waals surface area contributed by atoms with Gasteiger partial charge in [-0.25, -0.2) is 0 Å². The molecule has 0 spiro atoms. The Kier molecular flexibility index (Phi) is 3.76. The zero-order chi connectivity index (χ0) is 22.9. The van der Waals surface area contributed by atoms with Crippen molar-refractivity contribution >= 4 is 53.8 Å². The molecule has 0 amide bonds. The first-order valence-corrected chi connectivity index (χ1v) is 12.9. The summed E-state index contributed by atoms with van der Waals surface area (Å²) in [6.45, 7) is 9.42. The summed E-state index contributed by atoms with van der Waals surface area (Å²) < 4.78 is 8.50. The maximum absolute atomic E-state index is 6.33. The van der Waals surface area contributed by atoms with Gasteiger partial charge >= 0.3 is 0 Å². The van der Waals surface area contributed by atoms with Gasteiger partial charge in [0.1, 0.15) is 11.2 Å². The van der Waals surface area contributed by atoms with Crippen LogP contribution in [0.2, 0.25) is 0 Å². The highest BCUT2D eigenvalue weighted by Crippen LogP contribution is 2.58. The average molecular weight is 558 g/mol. The first-order valence-electron chi connectivity index (χ1n) is 11.3. The van der Waals surface area contributed by atoms with Crippen LogP contribution < -0.4 is 0 Å². The molecule has 2 aliphatic rings. The lowest BCUT2D eigenvalue weighted by Gasteiger charge is -2.26. The summed E-state index contributed by atoms with van der Waals surface area (Å²) >= 11 is 7.52. The predicted molar refractivity (Wildman–Crippen MR) is 144 cm³/mol. The van der Waals surface area contributed by atoms with E-state index in [9.17, 15) is 0 Å². The first kappa shape index (κ1) is 20.1. The molecule has 0 atom stereocenters. The molecular formula is C30H22Br2O. The lowest BCUT2D eigenvalue weighted by molar-refractivity contribution is 0.638. The highest BCUT2D eigenvalue weighted by Gasteiger charge is 2.43. The van der Waals surface area contributed by atoms with E-state index in [0.29, 0.717) is 0 Å². The third-order valence-corrected chi connectivity index (χ3v) is 9.08. The van der Waals surface area contributed by atoms with Crippen molar-refractivity contribution in [1.29, 1.82) is 0 Å². The second-order valence-electron chi connectivity index (χ2n) is 10.5. The molecule has 0 aliphatic heterocycles. The monoisotopic (exact) mass is 556 g/mol. The third kappa shape index (κ3) is 2.38. The summed E-state index contributed by atoms with van der Waals surface area (Å²) in [5.41, 5.74) is 12.7. The van der Waals surface area contributed by atoms with Gasteiger partial charge in [-0.1, -0.05) is 74.0 Å². The van der Waals surface area contributed by atoms with Gasteiger partial charge in [0.15, 0.2) is 0 Å². The van der Waals surface area contributed by atoms with E-state index in [-0.39, 0.29) is 10.8 Å². The smallest absolute Gasteiger partial charge is 0.150 e. The molecule has 162 valence electrons. The number of para-hydroxylation sites is 1. The van der Waals surface area contributed by atoms with Crippen molar-refractivity contribution in [2.45, 2.75) is 38.5 Å². The van der Waals surface area contributed by atoms with Crippen molar-refractivity contribution in [3.05, 3.63) is 91.9 Å². The van der Waals surface area contributed by atoms with E-state index in [0.717, 1.165) is 20.1 Å². The van der Waals surface area contributed by atoms with E-state index in [1.807, 2.05) is 6.07 Å². The van der Waals surface area contributed by atoms with Gasteiger partial charge in [0.2, 0.25) is 0 Å². The minimum absolute atomic E-state index is 0.0351. The molecule has 2 aliphatic carbocycles. The largest absolute Gasteiger partial charge is 0.455 e. The molecule has 1 heterocycles. The van der Waals surface area contributed by atoms with Crippen LogP contribution in [0.5, 0.6) is 0 Å². The fourth-order valence-electron chi connectivity index (χ4n) is 6.26. The fraction of sp³-hybridized carbons (Fsp3) is 0.200. The molecule has 0 saturated carbocycles. The Morgan fingerprint density at radius 3 is 2.18 bits per heavy atom. The van der Waals surface area contributed by atoms with E-state index in [1.165, 1.54) is 55.3 Å². The zero-order valence-electron chi connectivity index (χ0n) is 18.9. The molecule has 7 rings (SSSR count). The molecule has 1 aromatic heterocycles. The van der Waals surface area contributed by atoms with Crippen LogP contribution in [0.4, 0.5) is 0 Å². The Morgan fingerprint density at radius 2 is 1.36 bits per heavy atom. The zero-order valence-corrected chi connectivity index (χ0v) is 22.1. The average Bonchev–Trinajstić information content (AvgIpc) is 3.34. The summed E-state index contributed by atoms with van der Waals surface area (Å²) in [5.74, 6) is 0. The normalized spacial score (nSPS) is 16.7. The molecule has 33 heavy (non-hydrogen) atoms. The molecule has 5 aromatic rings. The molecule has 0 fully saturated rings. The van der Waals surface area contributed by atoms with Gasteiger partial charge < -0.3 is 4.42 Å². The SMILES string of the molecule is CC1(C)c2cc(Br)ccc2-c2cc3c(cc21)C(C)(C)c1cc(Br)c2oc4ccccc4c2c1-3. The molecule has 0 N–H and O–H groups in total. The molecule has 0 bridgehead atoms. The summed E-state index contributed by atoms with van der Waals surface area (Å²) in [5, 5.41) is 2.40. The summed E-state index contributed by atoms with van der Waals surface area (Å²) in [7, 11) is 0. The van der Waals surface area contributed by atoms with E-state index < -0.39 is 0 Å². The van der Waals surface area contributed by atoms with Crippen LogP contribution in [-0.4, -0.2) is 0 Å². The second-order valence-corrected chi connectivity index (χ2v) is 12.2. The lowest BCUT2D eigenvalue weighted by atomic mass is 9.77. The second kappa shape index (κ2) is 6.20. The Bertz CT molecular complexity index is 1680. The molecular weight excluding hydrogens is 536 g/mol. The summed E-state index contributed by atoms with van der Waals surface area (Å²) in [6, 6.07) is 22.3. The molecule has 3 heteroatoms. The van der Waals surface area contributed by atoms with Crippen LogP contribution in [0.25, 0.3) is 44.2 Å². The van der Waals surface area contributed by atoms with Gasteiger partial charge in [-0.05, 0) is 90.8 Å². The quantitative estimate of drug-likeness (QED) is 0.185. The third-order valence-electron chi connectivity index (χ3n) is 7.99. The van der Waals surface area contributed by atoms with E-state index in [2.05, 4.69) is 114 Å². The Balaban J connectivity index is 1.64.